The maximum Gasteiger partial charge on any atom is 0.275 e. The number of hydrogen-bond acceptors (Lipinski definition) is 4. The molecule has 0 aliphatic carbocycles. The Bertz CT molecular complexity index is 1370. The Hall–Kier alpha value is -3.77. The molecule has 0 saturated carbocycles. The fourth-order valence-corrected chi connectivity index (χ4v) is 4.08. The van der Waals surface area contributed by atoms with Gasteiger partial charge in [-0.1, -0.05) is 35.9 Å². The summed E-state index contributed by atoms with van der Waals surface area (Å²) in [5.74, 6) is 0.855. The maximum atomic E-state index is 12.8. The molecule has 0 unspecified atom stereocenters. The molecule has 1 heterocycles. The van der Waals surface area contributed by atoms with Crippen LogP contribution < -0.4 is 14.9 Å². The van der Waals surface area contributed by atoms with Gasteiger partial charge in [0.2, 0.25) is 0 Å². The number of amides is 1. The van der Waals surface area contributed by atoms with Crippen LogP contribution in [-0.4, -0.2) is 30.9 Å². The zero-order valence-electron chi connectivity index (χ0n) is 18.8. The smallest absolute Gasteiger partial charge is 0.275 e. The zero-order chi connectivity index (χ0) is 23.5. The van der Waals surface area contributed by atoms with E-state index in [9.17, 15) is 4.79 Å². The number of ether oxygens (including phenoxy) is 2. The Morgan fingerprint density at radius 3 is 2.36 bits per heavy atom. The van der Waals surface area contributed by atoms with Crippen molar-refractivity contribution in [3.05, 3.63) is 88.2 Å². The Balaban J connectivity index is 1.60. The quantitative estimate of drug-likeness (QED) is 0.296. The molecule has 1 N–H and O–H groups in total. The van der Waals surface area contributed by atoms with Crippen LogP contribution in [0.2, 0.25) is 5.02 Å². The number of aromatic nitrogens is 1. The first-order valence-corrected chi connectivity index (χ1v) is 10.7. The van der Waals surface area contributed by atoms with E-state index in [0.717, 1.165) is 33.4 Å². The number of fused-ring (bicyclic) bond motifs is 1. The van der Waals surface area contributed by atoms with Crippen LogP contribution in [0.4, 0.5) is 0 Å². The lowest BCUT2D eigenvalue weighted by molar-refractivity contribution is 0.0952. The molecule has 4 rings (SSSR count). The third-order valence-electron chi connectivity index (χ3n) is 5.53. The van der Waals surface area contributed by atoms with Crippen molar-refractivity contribution in [2.24, 2.45) is 5.10 Å². The zero-order valence-corrected chi connectivity index (χ0v) is 19.6. The number of carbonyl (C=O) groups excluding carboxylic acids is 1. The first-order valence-electron chi connectivity index (χ1n) is 10.4. The SMILES string of the molecule is COc1cc2ccccc2cc1C(=O)N/N=C\c1cc(C)n(-c2cc(Cl)ccc2OC)c1C. The molecule has 0 aliphatic heterocycles. The van der Waals surface area contributed by atoms with Gasteiger partial charge in [-0.05, 0) is 61.0 Å². The minimum atomic E-state index is -0.348. The molecule has 0 aliphatic rings. The monoisotopic (exact) mass is 461 g/mol. The van der Waals surface area contributed by atoms with Gasteiger partial charge in [0.1, 0.15) is 11.5 Å². The molecule has 1 aromatic heterocycles. The van der Waals surface area contributed by atoms with Gasteiger partial charge in [-0.15, -0.1) is 0 Å². The van der Waals surface area contributed by atoms with Crippen molar-refractivity contribution in [1.29, 1.82) is 0 Å². The number of carbonyl (C=O) groups is 1. The van der Waals surface area contributed by atoms with Gasteiger partial charge < -0.3 is 14.0 Å². The number of hydrazone groups is 1. The molecule has 0 radical (unpaired) electrons. The second-order valence-corrected chi connectivity index (χ2v) is 8.01. The van der Waals surface area contributed by atoms with E-state index in [1.165, 1.54) is 0 Å². The summed E-state index contributed by atoms with van der Waals surface area (Å²) < 4.78 is 13.0. The summed E-state index contributed by atoms with van der Waals surface area (Å²) in [5, 5.41) is 6.76. The van der Waals surface area contributed by atoms with Crippen LogP contribution in [0.5, 0.6) is 11.5 Å². The van der Waals surface area contributed by atoms with Crippen LogP contribution in [0.3, 0.4) is 0 Å². The molecule has 3 aromatic carbocycles. The van der Waals surface area contributed by atoms with Gasteiger partial charge in [-0.3, -0.25) is 4.79 Å². The van der Waals surface area contributed by atoms with Gasteiger partial charge in [0, 0.05) is 22.0 Å². The Morgan fingerprint density at radius 1 is 0.970 bits per heavy atom. The lowest BCUT2D eigenvalue weighted by Gasteiger charge is -2.14. The van der Waals surface area contributed by atoms with Gasteiger partial charge in [-0.25, -0.2) is 5.43 Å². The average molecular weight is 462 g/mol. The third kappa shape index (κ3) is 4.43. The highest BCUT2D eigenvalue weighted by Crippen LogP contribution is 2.30. The van der Waals surface area contributed by atoms with Gasteiger partial charge in [0.05, 0.1) is 31.7 Å². The second kappa shape index (κ2) is 9.38. The van der Waals surface area contributed by atoms with Crippen LogP contribution in [0, 0.1) is 13.8 Å². The molecule has 0 spiro atoms. The molecule has 168 valence electrons. The molecule has 0 saturated heterocycles. The van der Waals surface area contributed by atoms with Crippen molar-refractivity contribution in [1.82, 2.24) is 9.99 Å². The molecule has 0 bridgehead atoms. The van der Waals surface area contributed by atoms with E-state index >= 15 is 0 Å². The predicted octanol–water partition coefficient (Wildman–Crippen LogP) is 5.68. The third-order valence-corrected chi connectivity index (χ3v) is 5.77. The second-order valence-electron chi connectivity index (χ2n) is 7.58. The lowest BCUT2D eigenvalue weighted by atomic mass is 10.1. The summed E-state index contributed by atoms with van der Waals surface area (Å²) >= 11 is 6.22. The van der Waals surface area contributed by atoms with Crippen molar-refractivity contribution in [2.75, 3.05) is 14.2 Å². The lowest BCUT2D eigenvalue weighted by Crippen LogP contribution is -2.18. The number of aryl methyl sites for hydroxylation is 1. The highest BCUT2D eigenvalue weighted by molar-refractivity contribution is 6.30. The normalized spacial score (nSPS) is 11.2. The molecular weight excluding hydrogens is 438 g/mol. The number of halogens is 1. The van der Waals surface area contributed by atoms with E-state index in [2.05, 4.69) is 10.5 Å². The minimum Gasteiger partial charge on any atom is -0.496 e. The highest BCUT2D eigenvalue weighted by Gasteiger charge is 2.15. The number of nitrogens with one attached hydrogen (secondary N) is 1. The number of methoxy groups -OCH3 is 2. The van der Waals surface area contributed by atoms with Gasteiger partial charge in [0.25, 0.3) is 5.91 Å². The molecule has 0 fully saturated rings. The standard InChI is InChI=1S/C26H24ClN3O3/c1-16-11-20(17(2)30(16)23-14-21(27)9-10-24(23)32-3)15-28-29-26(31)22-12-18-7-5-6-8-19(18)13-25(22)33-4/h5-15H,1-4H3,(H,29,31)/b28-15-. The molecule has 7 heteroatoms. The van der Waals surface area contributed by atoms with Crippen molar-refractivity contribution >= 4 is 34.5 Å². The molecular formula is C26H24ClN3O3. The van der Waals surface area contributed by atoms with Crippen LogP contribution in [0.1, 0.15) is 27.3 Å². The summed E-state index contributed by atoms with van der Waals surface area (Å²) in [6.45, 7) is 3.96. The summed E-state index contributed by atoms with van der Waals surface area (Å²) in [6, 6.07) is 18.9. The summed E-state index contributed by atoms with van der Waals surface area (Å²) in [6.07, 6.45) is 1.63. The Morgan fingerprint density at radius 2 is 1.67 bits per heavy atom. The minimum absolute atomic E-state index is 0.348. The van der Waals surface area contributed by atoms with Crippen molar-refractivity contribution in [3.63, 3.8) is 0 Å². The number of nitrogens with zero attached hydrogens (tertiary/aromatic N) is 2. The number of benzene rings is 3. The summed E-state index contributed by atoms with van der Waals surface area (Å²) in [4.78, 5) is 12.8. The molecule has 4 aromatic rings. The molecule has 0 atom stereocenters. The number of rotatable bonds is 6. The first kappa shape index (κ1) is 22.4. The van der Waals surface area contributed by atoms with E-state index in [4.69, 9.17) is 21.1 Å². The van der Waals surface area contributed by atoms with Crippen LogP contribution in [-0.2, 0) is 0 Å². The highest BCUT2D eigenvalue weighted by atomic mass is 35.5. The van der Waals surface area contributed by atoms with Crippen molar-refractivity contribution in [3.8, 4) is 17.2 Å². The van der Waals surface area contributed by atoms with Crippen LogP contribution >= 0.6 is 11.6 Å². The fourth-order valence-electron chi connectivity index (χ4n) is 3.91. The van der Waals surface area contributed by atoms with E-state index in [1.807, 2.05) is 66.9 Å². The Labute approximate surface area is 197 Å². The van der Waals surface area contributed by atoms with Gasteiger partial charge in [0.15, 0.2) is 0 Å². The maximum absolute atomic E-state index is 12.8. The largest absolute Gasteiger partial charge is 0.496 e. The number of hydrogen-bond donors (Lipinski definition) is 1. The molecule has 33 heavy (non-hydrogen) atoms. The first-order chi connectivity index (χ1) is 15.9. The van der Waals surface area contributed by atoms with E-state index in [-0.39, 0.29) is 5.91 Å². The molecule has 1 amide bonds. The van der Waals surface area contributed by atoms with Crippen LogP contribution in [0.15, 0.2) is 65.8 Å². The average Bonchev–Trinajstić information content (AvgIpc) is 3.10. The summed E-state index contributed by atoms with van der Waals surface area (Å²) in [5.41, 5.74) is 6.65. The predicted molar refractivity (Wildman–Crippen MR) is 132 cm³/mol. The van der Waals surface area contributed by atoms with Gasteiger partial charge in [-0.2, -0.15) is 5.10 Å². The topological polar surface area (TPSA) is 64.8 Å². The van der Waals surface area contributed by atoms with Crippen molar-refractivity contribution in [2.45, 2.75) is 13.8 Å². The summed E-state index contributed by atoms with van der Waals surface area (Å²) in [7, 11) is 3.17. The Kier molecular flexibility index (Phi) is 6.38. The van der Waals surface area contributed by atoms with Crippen molar-refractivity contribution < 1.29 is 14.3 Å². The van der Waals surface area contributed by atoms with E-state index < -0.39 is 0 Å². The van der Waals surface area contributed by atoms with E-state index in [0.29, 0.717) is 22.1 Å². The van der Waals surface area contributed by atoms with Crippen LogP contribution in [0.25, 0.3) is 16.5 Å². The van der Waals surface area contributed by atoms with E-state index in [1.54, 1.807) is 32.6 Å². The van der Waals surface area contributed by atoms with Gasteiger partial charge >= 0.3 is 0 Å². The fraction of sp³-hybridized carbons (Fsp3) is 0.154. The molecule has 6 nitrogen and oxygen atoms in total.